The summed E-state index contributed by atoms with van der Waals surface area (Å²) in [6.45, 7) is 9.86. The second kappa shape index (κ2) is 7.73. The third-order valence-corrected chi connectivity index (χ3v) is 4.21. The fourth-order valence-electron chi connectivity index (χ4n) is 3.04. The Morgan fingerprint density at radius 1 is 1.21 bits per heavy atom. The number of aryl methyl sites for hydroxylation is 1. The molecule has 0 bridgehead atoms. The maximum absolute atomic E-state index is 5.74. The zero-order chi connectivity index (χ0) is 16.9. The molecule has 0 spiro atoms. The summed E-state index contributed by atoms with van der Waals surface area (Å²) < 4.78 is 5.74. The monoisotopic (exact) mass is 326 g/mol. The minimum Gasteiger partial charge on any atom is -0.491 e. The maximum Gasteiger partial charge on any atom is 0.125 e. The molecule has 5 heteroatoms. The number of ether oxygens (including phenoxy) is 1. The first kappa shape index (κ1) is 16.9. The zero-order valence-electron chi connectivity index (χ0n) is 14.7. The fourth-order valence-corrected chi connectivity index (χ4v) is 3.04. The number of rotatable bonds is 5. The number of hydrogen-bond donors (Lipinski definition) is 1. The van der Waals surface area contributed by atoms with Crippen molar-refractivity contribution in [2.45, 2.75) is 39.5 Å². The third-order valence-electron chi connectivity index (χ3n) is 4.21. The van der Waals surface area contributed by atoms with Crippen LogP contribution in [0.4, 0.5) is 0 Å². The van der Waals surface area contributed by atoms with Crippen molar-refractivity contribution < 1.29 is 4.74 Å². The molecule has 0 amide bonds. The van der Waals surface area contributed by atoms with Gasteiger partial charge in [0.25, 0.3) is 0 Å². The van der Waals surface area contributed by atoms with Crippen molar-refractivity contribution in [3.63, 3.8) is 0 Å². The van der Waals surface area contributed by atoms with Crippen molar-refractivity contribution in [3.05, 3.63) is 53.6 Å². The summed E-state index contributed by atoms with van der Waals surface area (Å²) in [5, 5.41) is 3.50. The molecule has 0 aliphatic carbocycles. The summed E-state index contributed by atoms with van der Waals surface area (Å²) in [6, 6.07) is 8.84. The minimum atomic E-state index is 0.199. The Bertz CT molecular complexity index is 639. The van der Waals surface area contributed by atoms with E-state index >= 15 is 0 Å². The topological polar surface area (TPSA) is 50.3 Å². The van der Waals surface area contributed by atoms with E-state index in [0.717, 1.165) is 43.3 Å². The smallest absolute Gasteiger partial charge is 0.125 e. The average Bonchev–Trinajstić information content (AvgIpc) is 2.58. The number of nitrogens with zero attached hydrogens (tertiary/aromatic N) is 3. The lowest BCUT2D eigenvalue weighted by Gasteiger charge is -2.36. The zero-order valence-corrected chi connectivity index (χ0v) is 14.7. The first-order valence-corrected chi connectivity index (χ1v) is 8.61. The molecule has 128 valence electrons. The van der Waals surface area contributed by atoms with Gasteiger partial charge in [0.1, 0.15) is 11.6 Å². The van der Waals surface area contributed by atoms with Crippen molar-refractivity contribution in [3.8, 4) is 5.75 Å². The van der Waals surface area contributed by atoms with E-state index in [1.165, 1.54) is 5.56 Å². The van der Waals surface area contributed by atoms with Crippen LogP contribution in [0.5, 0.6) is 5.75 Å². The number of piperazine rings is 1. The lowest BCUT2D eigenvalue weighted by atomic mass is 10.0. The number of hydrogen-bond acceptors (Lipinski definition) is 5. The molecule has 1 aliphatic heterocycles. The highest BCUT2D eigenvalue weighted by atomic mass is 16.5. The van der Waals surface area contributed by atoms with Crippen LogP contribution >= 0.6 is 0 Å². The van der Waals surface area contributed by atoms with Gasteiger partial charge in [0.15, 0.2) is 0 Å². The summed E-state index contributed by atoms with van der Waals surface area (Å²) in [4.78, 5) is 11.1. The highest BCUT2D eigenvalue weighted by Crippen LogP contribution is 2.26. The molecule has 1 atom stereocenters. The molecule has 1 aliphatic rings. The number of aromatic nitrogens is 2. The lowest BCUT2D eigenvalue weighted by Crippen LogP contribution is -2.45. The Morgan fingerprint density at radius 2 is 1.92 bits per heavy atom. The predicted molar refractivity (Wildman–Crippen MR) is 95.0 cm³/mol. The van der Waals surface area contributed by atoms with E-state index in [1.54, 1.807) is 0 Å². The first-order valence-electron chi connectivity index (χ1n) is 8.61. The molecule has 0 radical (unpaired) electrons. The summed E-state index contributed by atoms with van der Waals surface area (Å²) in [7, 11) is 0. The number of nitrogens with one attached hydrogen (secondary N) is 1. The Hall–Kier alpha value is -1.98. The standard InChI is InChI=1S/C19H26N4O/c1-14(2)24-18-6-4-17(5-7-18)19-12-20-8-9-23(19)13-16-10-21-15(3)22-11-16/h4-7,10-11,14,19-20H,8-9,12-13H2,1-3H3/t19-/m1/s1. The summed E-state index contributed by atoms with van der Waals surface area (Å²) in [6.07, 6.45) is 4.06. The normalized spacial score (nSPS) is 18.8. The van der Waals surface area contributed by atoms with Crippen molar-refractivity contribution in [1.82, 2.24) is 20.2 Å². The maximum atomic E-state index is 5.74. The van der Waals surface area contributed by atoms with Crippen molar-refractivity contribution in [2.75, 3.05) is 19.6 Å². The van der Waals surface area contributed by atoms with E-state index in [0.29, 0.717) is 6.04 Å². The van der Waals surface area contributed by atoms with Crippen LogP contribution in [-0.2, 0) is 6.54 Å². The van der Waals surface area contributed by atoms with Crippen molar-refractivity contribution >= 4 is 0 Å². The summed E-state index contributed by atoms with van der Waals surface area (Å²) in [5.74, 6) is 1.74. The van der Waals surface area contributed by atoms with Gasteiger partial charge in [0.05, 0.1) is 6.10 Å². The molecule has 1 N–H and O–H groups in total. The second-order valence-electron chi connectivity index (χ2n) is 6.56. The van der Waals surface area contributed by atoms with Crippen LogP contribution in [0.15, 0.2) is 36.7 Å². The SMILES string of the molecule is Cc1ncc(CN2CCNC[C@@H]2c2ccc(OC(C)C)cc2)cn1. The van der Waals surface area contributed by atoms with Gasteiger partial charge >= 0.3 is 0 Å². The van der Waals surface area contributed by atoms with Crippen LogP contribution in [0, 0.1) is 6.92 Å². The summed E-state index contributed by atoms with van der Waals surface area (Å²) >= 11 is 0. The van der Waals surface area contributed by atoms with E-state index in [-0.39, 0.29) is 6.10 Å². The van der Waals surface area contributed by atoms with Gasteiger partial charge in [0, 0.05) is 50.2 Å². The van der Waals surface area contributed by atoms with E-state index in [2.05, 4.69) is 44.5 Å². The molecule has 0 unspecified atom stereocenters. The fraction of sp³-hybridized carbons (Fsp3) is 0.474. The molecule has 0 saturated carbocycles. The molecule has 3 rings (SSSR count). The van der Waals surface area contributed by atoms with Crippen molar-refractivity contribution in [2.24, 2.45) is 0 Å². The molecule has 1 aromatic carbocycles. The first-order chi connectivity index (χ1) is 11.6. The minimum absolute atomic E-state index is 0.199. The molecule has 2 heterocycles. The molecule has 1 aromatic heterocycles. The van der Waals surface area contributed by atoms with Gasteiger partial charge in [-0.25, -0.2) is 9.97 Å². The van der Waals surface area contributed by atoms with Crippen LogP contribution in [-0.4, -0.2) is 40.6 Å². The Kier molecular flexibility index (Phi) is 5.43. The van der Waals surface area contributed by atoms with E-state index in [4.69, 9.17) is 4.74 Å². The van der Waals surface area contributed by atoms with Gasteiger partial charge in [-0.05, 0) is 38.5 Å². The summed E-state index contributed by atoms with van der Waals surface area (Å²) in [5.41, 5.74) is 2.47. The molecule has 24 heavy (non-hydrogen) atoms. The van der Waals surface area contributed by atoms with Gasteiger partial charge in [-0.1, -0.05) is 12.1 Å². The molecule has 5 nitrogen and oxygen atoms in total. The molecular formula is C19H26N4O. The quantitative estimate of drug-likeness (QED) is 0.915. The van der Waals surface area contributed by atoms with Gasteiger partial charge in [-0.3, -0.25) is 4.90 Å². The van der Waals surface area contributed by atoms with Gasteiger partial charge < -0.3 is 10.1 Å². The highest BCUT2D eigenvalue weighted by molar-refractivity contribution is 5.30. The van der Waals surface area contributed by atoms with Gasteiger partial charge in [-0.2, -0.15) is 0 Å². The van der Waals surface area contributed by atoms with E-state index in [9.17, 15) is 0 Å². The highest BCUT2D eigenvalue weighted by Gasteiger charge is 2.24. The van der Waals surface area contributed by atoms with Crippen LogP contribution < -0.4 is 10.1 Å². The molecule has 2 aromatic rings. The van der Waals surface area contributed by atoms with E-state index in [1.807, 2.05) is 33.2 Å². The number of benzene rings is 1. The van der Waals surface area contributed by atoms with Crippen LogP contribution in [0.2, 0.25) is 0 Å². The average molecular weight is 326 g/mol. The van der Waals surface area contributed by atoms with Crippen LogP contribution in [0.25, 0.3) is 0 Å². The van der Waals surface area contributed by atoms with Crippen molar-refractivity contribution in [1.29, 1.82) is 0 Å². The Morgan fingerprint density at radius 3 is 2.58 bits per heavy atom. The Balaban J connectivity index is 1.72. The molecular weight excluding hydrogens is 300 g/mol. The largest absolute Gasteiger partial charge is 0.491 e. The van der Waals surface area contributed by atoms with E-state index < -0.39 is 0 Å². The van der Waals surface area contributed by atoms with Crippen LogP contribution in [0.1, 0.15) is 36.8 Å². The predicted octanol–water partition coefficient (Wildman–Crippen LogP) is 2.72. The van der Waals surface area contributed by atoms with Gasteiger partial charge in [-0.15, -0.1) is 0 Å². The molecule has 1 fully saturated rings. The van der Waals surface area contributed by atoms with Gasteiger partial charge in [0.2, 0.25) is 0 Å². The van der Waals surface area contributed by atoms with Crippen LogP contribution in [0.3, 0.4) is 0 Å². The molecule has 1 saturated heterocycles. The second-order valence-corrected chi connectivity index (χ2v) is 6.56. The Labute approximate surface area is 144 Å². The lowest BCUT2D eigenvalue weighted by molar-refractivity contribution is 0.153. The third kappa shape index (κ3) is 4.30.